The Morgan fingerprint density at radius 3 is 2.14 bits per heavy atom. The molecule has 0 saturated heterocycles. The van der Waals surface area contributed by atoms with E-state index >= 15 is 0 Å². The Morgan fingerprint density at radius 2 is 1.53 bits per heavy atom. The summed E-state index contributed by atoms with van der Waals surface area (Å²) in [7, 11) is 0. The van der Waals surface area contributed by atoms with Crippen LogP contribution in [0.1, 0.15) is 21.5 Å². The fraction of sp³-hybridized carbons (Fsp3) is 0.222. The molecule has 0 spiro atoms. The van der Waals surface area contributed by atoms with Crippen molar-refractivity contribution in [2.75, 3.05) is 13.2 Å². The quantitative estimate of drug-likeness (QED) is 0.297. The number of aliphatic carboxylic acids is 1. The van der Waals surface area contributed by atoms with E-state index in [4.69, 9.17) is 27.2 Å². The third-order valence-corrected chi connectivity index (χ3v) is 5.53. The third-order valence-electron chi connectivity index (χ3n) is 5.30. The zero-order valence-corrected chi connectivity index (χ0v) is 20.3. The predicted molar refractivity (Wildman–Crippen MR) is 137 cm³/mol. The number of hydrogen-bond donors (Lipinski definition) is 4. The number of carboxylic acid groups (broad SMARTS) is 1. The summed E-state index contributed by atoms with van der Waals surface area (Å²) in [4.78, 5) is 36.8. The van der Waals surface area contributed by atoms with Gasteiger partial charge in [-0.15, -0.1) is 0 Å². The van der Waals surface area contributed by atoms with Gasteiger partial charge in [-0.1, -0.05) is 72.3 Å². The van der Waals surface area contributed by atoms with E-state index in [9.17, 15) is 14.4 Å². The van der Waals surface area contributed by atoms with Gasteiger partial charge in [0.05, 0.1) is 5.56 Å². The van der Waals surface area contributed by atoms with E-state index in [1.165, 1.54) is 6.07 Å². The van der Waals surface area contributed by atoms with Crippen LogP contribution in [-0.2, 0) is 22.4 Å². The molecule has 0 saturated carbocycles. The number of nitrogens with one attached hydrogen (secondary N) is 2. The van der Waals surface area contributed by atoms with Crippen molar-refractivity contribution < 1.29 is 24.2 Å². The maximum atomic E-state index is 13.2. The molecule has 0 aliphatic heterocycles. The lowest BCUT2D eigenvalue weighted by Crippen LogP contribution is -2.49. The number of carbonyl (C=O) groups is 3. The number of benzene rings is 3. The zero-order chi connectivity index (χ0) is 25.9. The third kappa shape index (κ3) is 8.41. The molecule has 3 rings (SSSR count). The lowest BCUT2D eigenvalue weighted by molar-refractivity contribution is -0.138. The van der Waals surface area contributed by atoms with Crippen LogP contribution in [0.15, 0.2) is 78.9 Å². The highest BCUT2D eigenvalue weighted by atomic mass is 35.5. The molecule has 0 bridgehead atoms. The SMILES string of the molecule is N[C@@H](COc1ccc(Cl)cc1C(=O)N[C@@H](Cc1ccccc1)C(=O)NCC(=O)O)Cc1ccccc1. The van der Waals surface area contributed by atoms with Gasteiger partial charge < -0.3 is 26.2 Å². The van der Waals surface area contributed by atoms with Crippen LogP contribution in [0, 0.1) is 0 Å². The smallest absolute Gasteiger partial charge is 0.322 e. The number of hydrogen-bond acceptors (Lipinski definition) is 5. The van der Waals surface area contributed by atoms with Gasteiger partial charge in [-0.2, -0.15) is 0 Å². The fourth-order valence-electron chi connectivity index (χ4n) is 3.56. The van der Waals surface area contributed by atoms with Crippen LogP contribution in [0.2, 0.25) is 5.02 Å². The van der Waals surface area contributed by atoms with Crippen LogP contribution >= 0.6 is 11.6 Å². The summed E-state index contributed by atoms with van der Waals surface area (Å²) in [5, 5.41) is 14.2. The topological polar surface area (TPSA) is 131 Å². The molecule has 5 N–H and O–H groups in total. The molecule has 188 valence electrons. The molecule has 3 aromatic rings. The van der Waals surface area contributed by atoms with Crippen molar-refractivity contribution >= 4 is 29.4 Å². The Balaban J connectivity index is 1.73. The average Bonchev–Trinajstić information content (AvgIpc) is 2.87. The minimum atomic E-state index is -1.19. The molecular formula is C27H28ClN3O5. The first-order chi connectivity index (χ1) is 17.3. The maximum Gasteiger partial charge on any atom is 0.322 e. The van der Waals surface area contributed by atoms with Gasteiger partial charge in [-0.05, 0) is 35.7 Å². The first-order valence-corrected chi connectivity index (χ1v) is 11.8. The van der Waals surface area contributed by atoms with E-state index in [-0.39, 0.29) is 30.4 Å². The lowest BCUT2D eigenvalue weighted by Gasteiger charge is -2.20. The predicted octanol–water partition coefficient (Wildman–Crippen LogP) is 2.83. The van der Waals surface area contributed by atoms with Gasteiger partial charge >= 0.3 is 5.97 Å². The highest BCUT2D eigenvalue weighted by Gasteiger charge is 2.24. The summed E-state index contributed by atoms with van der Waals surface area (Å²) < 4.78 is 5.86. The Morgan fingerprint density at radius 1 is 0.917 bits per heavy atom. The monoisotopic (exact) mass is 509 g/mol. The van der Waals surface area contributed by atoms with Crippen molar-refractivity contribution in [1.82, 2.24) is 10.6 Å². The van der Waals surface area contributed by atoms with Crippen molar-refractivity contribution in [2.45, 2.75) is 24.9 Å². The fourth-order valence-corrected chi connectivity index (χ4v) is 3.73. The normalized spacial score (nSPS) is 12.3. The van der Waals surface area contributed by atoms with Crippen LogP contribution in [0.25, 0.3) is 0 Å². The Bertz CT molecular complexity index is 1170. The molecule has 0 aromatic heterocycles. The second-order valence-corrected chi connectivity index (χ2v) is 8.67. The van der Waals surface area contributed by atoms with Crippen LogP contribution in [0.4, 0.5) is 0 Å². The highest BCUT2D eigenvalue weighted by molar-refractivity contribution is 6.31. The van der Waals surface area contributed by atoms with Crippen LogP contribution < -0.4 is 21.1 Å². The molecule has 2 amide bonds. The summed E-state index contributed by atoms with van der Waals surface area (Å²) in [6, 6.07) is 22.1. The van der Waals surface area contributed by atoms with Gasteiger partial charge in [0.1, 0.15) is 24.9 Å². The van der Waals surface area contributed by atoms with E-state index < -0.39 is 30.4 Å². The van der Waals surface area contributed by atoms with E-state index in [1.807, 2.05) is 60.7 Å². The summed E-state index contributed by atoms with van der Waals surface area (Å²) in [6.45, 7) is -0.409. The van der Waals surface area contributed by atoms with E-state index in [2.05, 4.69) is 10.6 Å². The van der Waals surface area contributed by atoms with Crippen LogP contribution in [0.5, 0.6) is 5.75 Å². The Labute approximate surface area is 214 Å². The molecule has 36 heavy (non-hydrogen) atoms. The Kier molecular flexibility index (Phi) is 9.85. The summed E-state index contributed by atoms with van der Waals surface area (Å²) in [5.41, 5.74) is 8.22. The molecule has 0 aliphatic rings. The first kappa shape index (κ1) is 26.7. The first-order valence-electron chi connectivity index (χ1n) is 11.4. The largest absolute Gasteiger partial charge is 0.491 e. The highest BCUT2D eigenvalue weighted by Crippen LogP contribution is 2.23. The standard InChI is InChI=1S/C27H28ClN3O5/c28-20-11-12-24(36-17-21(29)13-18-7-3-1-4-8-18)22(15-20)26(34)31-23(27(35)30-16-25(32)33)14-19-9-5-2-6-10-19/h1-12,15,21,23H,13-14,16-17,29H2,(H,30,35)(H,31,34)(H,32,33)/t21-,23+/m1/s1. The van der Waals surface area contributed by atoms with E-state index in [1.54, 1.807) is 12.1 Å². The number of carbonyl (C=O) groups excluding carboxylic acids is 2. The number of ether oxygens (including phenoxy) is 1. The molecule has 0 radical (unpaired) electrons. The van der Waals surface area contributed by atoms with Gasteiger partial charge in [-0.3, -0.25) is 14.4 Å². The Hall–Kier alpha value is -3.88. The van der Waals surface area contributed by atoms with E-state index in [0.717, 1.165) is 11.1 Å². The number of amides is 2. The number of carboxylic acids is 1. The molecular weight excluding hydrogens is 482 g/mol. The number of halogens is 1. The number of rotatable bonds is 12. The molecule has 0 heterocycles. The van der Waals surface area contributed by atoms with Crippen LogP contribution in [-0.4, -0.2) is 48.1 Å². The van der Waals surface area contributed by atoms with Gasteiger partial charge in [0.25, 0.3) is 5.91 Å². The second-order valence-electron chi connectivity index (χ2n) is 8.23. The van der Waals surface area contributed by atoms with Crippen molar-refractivity contribution in [3.8, 4) is 5.75 Å². The maximum absolute atomic E-state index is 13.2. The molecule has 9 heteroatoms. The van der Waals surface area contributed by atoms with Gasteiger partial charge in [0.15, 0.2) is 0 Å². The van der Waals surface area contributed by atoms with E-state index in [0.29, 0.717) is 11.4 Å². The van der Waals surface area contributed by atoms with Gasteiger partial charge in [0.2, 0.25) is 5.91 Å². The van der Waals surface area contributed by atoms with Crippen molar-refractivity contribution in [3.63, 3.8) is 0 Å². The summed E-state index contributed by atoms with van der Waals surface area (Å²) in [5.74, 6) is -2.13. The second kappa shape index (κ2) is 13.3. The molecule has 0 unspecified atom stereocenters. The molecule has 8 nitrogen and oxygen atoms in total. The average molecular weight is 510 g/mol. The molecule has 2 atom stereocenters. The zero-order valence-electron chi connectivity index (χ0n) is 19.5. The minimum absolute atomic E-state index is 0.138. The van der Waals surface area contributed by atoms with Crippen molar-refractivity contribution in [2.24, 2.45) is 5.73 Å². The molecule has 0 aliphatic carbocycles. The summed E-state index contributed by atoms with van der Waals surface area (Å²) >= 11 is 6.14. The molecule has 0 fully saturated rings. The number of nitrogens with two attached hydrogens (primary N) is 1. The van der Waals surface area contributed by atoms with Crippen molar-refractivity contribution in [3.05, 3.63) is 101 Å². The minimum Gasteiger partial charge on any atom is -0.491 e. The molecule has 3 aromatic carbocycles. The van der Waals surface area contributed by atoms with Gasteiger partial charge in [0, 0.05) is 17.5 Å². The van der Waals surface area contributed by atoms with Crippen molar-refractivity contribution in [1.29, 1.82) is 0 Å². The van der Waals surface area contributed by atoms with Gasteiger partial charge in [-0.25, -0.2) is 0 Å². The van der Waals surface area contributed by atoms with Crippen LogP contribution in [0.3, 0.4) is 0 Å². The summed E-state index contributed by atoms with van der Waals surface area (Å²) in [6.07, 6.45) is 0.760. The lowest BCUT2D eigenvalue weighted by atomic mass is 10.0.